The minimum atomic E-state index is -0.708. The first-order valence-corrected chi connectivity index (χ1v) is 8.28. The number of nitrogens with zero attached hydrogens (tertiary/aromatic N) is 1. The summed E-state index contributed by atoms with van der Waals surface area (Å²) in [6.07, 6.45) is -0.277. The van der Waals surface area contributed by atoms with Crippen LogP contribution in [0.3, 0.4) is 0 Å². The second-order valence-corrected chi connectivity index (χ2v) is 7.42. The molecule has 0 aromatic carbocycles. The summed E-state index contributed by atoms with van der Waals surface area (Å²) in [5.41, 5.74) is -0.680. The van der Waals surface area contributed by atoms with Crippen molar-refractivity contribution < 1.29 is 28.9 Å². The van der Waals surface area contributed by atoms with Gasteiger partial charge < -0.3 is 19.3 Å². The number of rotatable bonds is 4. The van der Waals surface area contributed by atoms with Crippen molar-refractivity contribution in [3.05, 3.63) is 12.7 Å². The van der Waals surface area contributed by atoms with Gasteiger partial charge in [-0.25, -0.2) is 14.5 Å². The Morgan fingerprint density at radius 2 is 2.12 bits per heavy atom. The van der Waals surface area contributed by atoms with Crippen LogP contribution in [0.25, 0.3) is 0 Å². The summed E-state index contributed by atoms with van der Waals surface area (Å²) in [6, 6.07) is 0. The van der Waals surface area contributed by atoms with Crippen LogP contribution >= 0.6 is 0 Å². The maximum atomic E-state index is 12.0. The molecule has 2 heterocycles. The molecule has 24 heavy (non-hydrogen) atoms. The van der Waals surface area contributed by atoms with Gasteiger partial charge in [0, 0.05) is 12.3 Å². The van der Waals surface area contributed by atoms with E-state index in [4.69, 9.17) is 14.2 Å². The fourth-order valence-electron chi connectivity index (χ4n) is 2.99. The van der Waals surface area contributed by atoms with Gasteiger partial charge in [0.25, 0.3) is 0 Å². The molecule has 2 rings (SSSR count). The molecule has 0 bridgehead atoms. The number of carbonyl (C=O) groups is 2. The SMILES string of the molecule is C=CC[C@@H]1O[C@H](C[C@H]2CN(C(=O)OC(C)(C)C)C(=O)O2)[C@H](C)[C@H]1O. The van der Waals surface area contributed by atoms with Crippen LogP contribution in [0.4, 0.5) is 9.59 Å². The molecule has 2 aliphatic rings. The van der Waals surface area contributed by atoms with E-state index in [9.17, 15) is 14.7 Å². The van der Waals surface area contributed by atoms with Crippen molar-refractivity contribution in [2.75, 3.05) is 6.54 Å². The molecule has 2 aliphatic heterocycles. The smallest absolute Gasteiger partial charge is 0.419 e. The lowest BCUT2D eigenvalue weighted by molar-refractivity contribution is -0.00450. The molecule has 0 aromatic rings. The molecule has 7 heteroatoms. The van der Waals surface area contributed by atoms with E-state index in [-0.39, 0.29) is 24.7 Å². The van der Waals surface area contributed by atoms with Gasteiger partial charge in [0.1, 0.15) is 11.7 Å². The van der Waals surface area contributed by atoms with Gasteiger partial charge in [0.2, 0.25) is 0 Å². The largest absolute Gasteiger partial charge is 0.444 e. The minimum Gasteiger partial charge on any atom is -0.444 e. The zero-order valence-corrected chi connectivity index (χ0v) is 14.7. The summed E-state index contributed by atoms with van der Waals surface area (Å²) < 4.78 is 16.3. The molecule has 0 spiro atoms. The van der Waals surface area contributed by atoms with Crippen LogP contribution in [0.5, 0.6) is 0 Å². The van der Waals surface area contributed by atoms with Crippen LogP contribution in [0.15, 0.2) is 12.7 Å². The number of amides is 2. The summed E-state index contributed by atoms with van der Waals surface area (Å²) in [6.45, 7) is 10.9. The molecule has 2 saturated heterocycles. The zero-order valence-electron chi connectivity index (χ0n) is 14.7. The summed E-state index contributed by atoms with van der Waals surface area (Å²) >= 11 is 0. The molecule has 0 unspecified atom stereocenters. The predicted octanol–water partition coefficient (Wildman–Crippen LogP) is 2.47. The number of aliphatic hydroxyl groups is 1. The van der Waals surface area contributed by atoms with Crippen molar-refractivity contribution in [3.8, 4) is 0 Å². The second kappa shape index (κ2) is 7.11. The number of ether oxygens (including phenoxy) is 3. The topological polar surface area (TPSA) is 85.3 Å². The molecule has 5 atom stereocenters. The molecule has 0 saturated carbocycles. The van der Waals surface area contributed by atoms with Crippen molar-refractivity contribution >= 4 is 12.2 Å². The van der Waals surface area contributed by atoms with E-state index in [2.05, 4.69) is 6.58 Å². The van der Waals surface area contributed by atoms with Gasteiger partial charge in [-0.3, -0.25) is 0 Å². The Morgan fingerprint density at radius 3 is 2.71 bits per heavy atom. The zero-order chi connectivity index (χ0) is 18.1. The van der Waals surface area contributed by atoms with Gasteiger partial charge in [-0.05, 0) is 27.2 Å². The molecule has 136 valence electrons. The van der Waals surface area contributed by atoms with E-state index >= 15 is 0 Å². The van der Waals surface area contributed by atoms with Crippen molar-refractivity contribution in [2.24, 2.45) is 5.92 Å². The van der Waals surface area contributed by atoms with Gasteiger partial charge in [0.15, 0.2) is 0 Å². The van der Waals surface area contributed by atoms with Crippen LogP contribution in [-0.2, 0) is 14.2 Å². The maximum Gasteiger partial charge on any atom is 0.419 e. The van der Waals surface area contributed by atoms with Crippen LogP contribution in [0.2, 0.25) is 0 Å². The summed E-state index contributed by atoms with van der Waals surface area (Å²) in [5.74, 6) is -0.0794. The van der Waals surface area contributed by atoms with Gasteiger partial charge in [-0.15, -0.1) is 6.58 Å². The van der Waals surface area contributed by atoms with Gasteiger partial charge >= 0.3 is 12.2 Å². The Morgan fingerprint density at radius 1 is 1.46 bits per heavy atom. The van der Waals surface area contributed by atoms with Crippen molar-refractivity contribution in [1.29, 1.82) is 0 Å². The molecule has 0 aromatic heterocycles. The van der Waals surface area contributed by atoms with Gasteiger partial charge in [-0.2, -0.15) is 0 Å². The Labute approximate surface area is 142 Å². The average Bonchev–Trinajstić information content (AvgIpc) is 2.94. The first kappa shape index (κ1) is 18.7. The summed E-state index contributed by atoms with van der Waals surface area (Å²) in [5, 5.41) is 10.2. The van der Waals surface area contributed by atoms with E-state index in [1.54, 1.807) is 26.8 Å². The highest BCUT2D eigenvalue weighted by atomic mass is 16.6. The maximum absolute atomic E-state index is 12.0. The molecule has 2 fully saturated rings. The minimum absolute atomic E-state index is 0.0794. The summed E-state index contributed by atoms with van der Waals surface area (Å²) in [4.78, 5) is 24.9. The van der Waals surface area contributed by atoms with Crippen molar-refractivity contribution in [2.45, 2.75) is 70.6 Å². The third kappa shape index (κ3) is 4.27. The number of hydrogen-bond donors (Lipinski definition) is 1. The molecule has 7 nitrogen and oxygen atoms in total. The highest BCUT2D eigenvalue weighted by Crippen LogP contribution is 2.33. The Balaban J connectivity index is 1.92. The predicted molar refractivity (Wildman–Crippen MR) is 86.5 cm³/mol. The van der Waals surface area contributed by atoms with Crippen LogP contribution in [0.1, 0.15) is 40.5 Å². The second-order valence-electron chi connectivity index (χ2n) is 7.42. The molecule has 2 amide bonds. The van der Waals surface area contributed by atoms with Crippen molar-refractivity contribution in [1.82, 2.24) is 4.90 Å². The Kier molecular flexibility index (Phi) is 5.55. The van der Waals surface area contributed by atoms with Gasteiger partial charge in [0.05, 0.1) is 24.9 Å². The lowest BCUT2D eigenvalue weighted by Crippen LogP contribution is -2.38. The highest BCUT2D eigenvalue weighted by molar-refractivity contribution is 5.89. The van der Waals surface area contributed by atoms with Crippen LogP contribution in [-0.4, -0.2) is 58.8 Å². The van der Waals surface area contributed by atoms with E-state index in [0.717, 1.165) is 4.90 Å². The van der Waals surface area contributed by atoms with E-state index < -0.39 is 30.0 Å². The number of hydrogen-bond acceptors (Lipinski definition) is 6. The molecular formula is C17H27NO6. The lowest BCUT2D eigenvalue weighted by Gasteiger charge is -2.22. The normalized spacial score (nSPS) is 33.5. The first-order chi connectivity index (χ1) is 11.1. The Hall–Kier alpha value is -1.60. The Bertz CT molecular complexity index is 500. The van der Waals surface area contributed by atoms with Gasteiger partial charge in [-0.1, -0.05) is 13.0 Å². The first-order valence-electron chi connectivity index (χ1n) is 8.28. The average molecular weight is 341 g/mol. The van der Waals surface area contributed by atoms with E-state index in [1.807, 2.05) is 6.92 Å². The summed E-state index contributed by atoms with van der Waals surface area (Å²) in [7, 11) is 0. The lowest BCUT2D eigenvalue weighted by atomic mass is 9.94. The third-order valence-electron chi connectivity index (χ3n) is 4.24. The number of aliphatic hydroxyl groups excluding tert-OH is 1. The number of carbonyl (C=O) groups excluding carboxylic acids is 2. The molecule has 0 radical (unpaired) electrons. The van der Waals surface area contributed by atoms with Crippen LogP contribution < -0.4 is 0 Å². The number of cyclic esters (lactones) is 1. The quantitative estimate of drug-likeness (QED) is 0.791. The highest BCUT2D eigenvalue weighted by Gasteiger charge is 2.45. The fourth-order valence-corrected chi connectivity index (χ4v) is 2.99. The monoisotopic (exact) mass is 341 g/mol. The van der Waals surface area contributed by atoms with Crippen molar-refractivity contribution in [3.63, 3.8) is 0 Å². The molecular weight excluding hydrogens is 314 g/mol. The molecule has 1 N–H and O–H groups in total. The number of imide groups is 1. The van der Waals surface area contributed by atoms with E-state index in [0.29, 0.717) is 12.8 Å². The standard InChI is InChI=1S/C17H27NO6/c1-6-7-12-14(19)10(2)13(23-12)8-11-9-18(15(20)22-11)16(21)24-17(3,4)5/h6,10-14,19H,1,7-9H2,2-5H3/t10-,11-,12-,13+,14+/m0/s1. The third-order valence-corrected chi connectivity index (χ3v) is 4.24. The molecule has 0 aliphatic carbocycles. The van der Waals surface area contributed by atoms with E-state index in [1.165, 1.54) is 0 Å². The fraction of sp³-hybridized carbons (Fsp3) is 0.765. The van der Waals surface area contributed by atoms with Crippen LogP contribution in [0, 0.1) is 5.92 Å².